The highest BCUT2D eigenvalue weighted by Crippen LogP contribution is 2.24. The molecule has 2 N–H and O–H groups in total. The predicted octanol–water partition coefficient (Wildman–Crippen LogP) is 3.05. The van der Waals surface area contributed by atoms with E-state index in [4.69, 9.17) is 5.73 Å². The zero-order chi connectivity index (χ0) is 12.5. The van der Waals surface area contributed by atoms with Gasteiger partial charge < -0.3 is 5.73 Å². The van der Waals surface area contributed by atoms with Crippen LogP contribution in [0.1, 0.15) is 22.9 Å². The van der Waals surface area contributed by atoms with Crippen molar-refractivity contribution >= 4 is 21.6 Å². The summed E-state index contributed by atoms with van der Waals surface area (Å²) in [5.74, 6) is 0. The van der Waals surface area contributed by atoms with Gasteiger partial charge in [0.1, 0.15) is 0 Å². The summed E-state index contributed by atoms with van der Waals surface area (Å²) >= 11 is 1.68. The van der Waals surface area contributed by atoms with E-state index in [2.05, 4.69) is 16.0 Å². The first-order chi connectivity index (χ1) is 8.74. The molecule has 3 aromatic rings. The molecule has 1 atom stereocenters. The third kappa shape index (κ3) is 2.00. The minimum atomic E-state index is -0.169. The average molecular weight is 255 g/mol. The van der Waals surface area contributed by atoms with Gasteiger partial charge in [0.05, 0.1) is 16.3 Å². The quantitative estimate of drug-likeness (QED) is 0.765. The van der Waals surface area contributed by atoms with Crippen LogP contribution in [0, 0.1) is 6.92 Å². The average Bonchev–Trinajstić information content (AvgIpc) is 2.86. The number of nitrogens with two attached hydrogens (primary N) is 1. The SMILES string of the molecule is Cc1ccc(C(N)c2cnc3ccsc3c2)cn1. The third-order valence-corrected chi connectivity index (χ3v) is 3.83. The lowest BCUT2D eigenvalue weighted by molar-refractivity contribution is 0.856. The lowest BCUT2D eigenvalue weighted by Gasteiger charge is -2.11. The van der Waals surface area contributed by atoms with Crippen molar-refractivity contribution < 1.29 is 0 Å². The van der Waals surface area contributed by atoms with Crippen molar-refractivity contribution in [3.05, 3.63) is 58.9 Å². The highest BCUT2D eigenvalue weighted by molar-refractivity contribution is 7.17. The number of rotatable bonds is 2. The number of aryl methyl sites for hydroxylation is 1. The molecule has 0 aliphatic heterocycles. The second kappa shape index (κ2) is 4.48. The lowest BCUT2D eigenvalue weighted by atomic mass is 10.0. The Morgan fingerprint density at radius 1 is 1.11 bits per heavy atom. The molecule has 0 fully saturated rings. The van der Waals surface area contributed by atoms with Crippen LogP contribution >= 0.6 is 11.3 Å². The Morgan fingerprint density at radius 3 is 2.72 bits per heavy atom. The van der Waals surface area contributed by atoms with Crippen LogP contribution in [0.25, 0.3) is 10.2 Å². The first kappa shape index (κ1) is 11.3. The van der Waals surface area contributed by atoms with Crippen LogP contribution in [-0.2, 0) is 0 Å². The van der Waals surface area contributed by atoms with Gasteiger partial charge in [-0.25, -0.2) is 0 Å². The summed E-state index contributed by atoms with van der Waals surface area (Å²) in [5, 5.41) is 2.04. The molecular formula is C14H13N3S. The van der Waals surface area contributed by atoms with Gasteiger partial charge in [0.15, 0.2) is 0 Å². The molecule has 0 saturated carbocycles. The van der Waals surface area contributed by atoms with Gasteiger partial charge in [-0.15, -0.1) is 11.3 Å². The molecule has 0 radical (unpaired) electrons. The van der Waals surface area contributed by atoms with E-state index in [1.807, 2.05) is 42.9 Å². The van der Waals surface area contributed by atoms with Gasteiger partial charge in [0, 0.05) is 18.1 Å². The van der Waals surface area contributed by atoms with Crippen LogP contribution in [0.4, 0.5) is 0 Å². The van der Waals surface area contributed by atoms with Crippen LogP contribution in [0.15, 0.2) is 42.0 Å². The van der Waals surface area contributed by atoms with E-state index in [0.29, 0.717) is 0 Å². The Labute approximate surface area is 109 Å². The molecule has 3 nitrogen and oxygen atoms in total. The van der Waals surface area contributed by atoms with Gasteiger partial charge in [0.2, 0.25) is 0 Å². The minimum Gasteiger partial charge on any atom is -0.320 e. The summed E-state index contributed by atoms with van der Waals surface area (Å²) in [6.45, 7) is 1.97. The first-order valence-corrected chi connectivity index (χ1v) is 6.63. The van der Waals surface area contributed by atoms with Crippen LogP contribution in [0.5, 0.6) is 0 Å². The Bertz CT molecular complexity index is 673. The summed E-state index contributed by atoms with van der Waals surface area (Å²) in [4.78, 5) is 8.70. The van der Waals surface area contributed by atoms with Gasteiger partial charge in [0.25, 0.3) is 0 Å². The van der Waals surface area contributed by atoms with Crippen molar-refractivity contribution in [3.63, 3.8) is 0 Å². The molecule has 1 unspecified atom stereocenters. The maximum atomic E-state index is 6.25. The van der Waals surface area contributed by atoms with E-state index in [1.165, 1.54) is 4.70 Å². The van der Waals surface area contributed by atoms with Crippen molar-refractivity contribution in [1.82, 2.24) is 9.97 Å². The summed E-state index contributed by atoms with van der Waals surface area (Å²) in [7, 11) is 0. The van der Waals surface area contributed by atoms with E-state index in [-0.39, 0.29) is 6.04 Å². The van der Waals surface area contributed by atoms with Gasteiger partial charge in [-0.2, -0.15) is 0 Å². The van der Waals surface area contributed by atoms with Crippen LogP contribution in [0.3, 0.4) is 0 Å². The molecule has 0 spiro atoms. The molecule has 90 valence electrons. The fraction of sp³-hybridized carbons (Fsp3) is 0.143. The smallest absolute Gasteiger partial charge is 0.0809 e. The van der Waals surface area contributed by atoms with E-state index < -0.39 is 0 Å². The second-order valence-corrected chi connectivity index (χ2v) is 5.23. The van der Waals surface area contributed by atoms with Crippen LogP contribution in [0.2, 0.25) is 0 Å². The molecule has 0 saturated heterocycles. The standard InChI is InChI=1S/C14H13N3S/c1-9-2-3-10(7-16-9)14(15)11-6-13-12(17-8-11)4-5-18-13/h2-8,14H,15H2,1H3. The molecule has 0 aliphatic carbocycles. The Balaban J connectivity index is 2.00. The van der Waals surface area contributed by atoms with Gasteiger partial charge in [-0.1, -0.05) is 6.07 Å². The van der Waals surface area contributed by atoms with Crippen LogP contribution in [-0.4, -0.2) is 9.97 Å². The molecule has 0 aromatic carbocycles. The molecule has 0 bridgehead atoms. The Morgan fingerprint density at radius 2 is 1.94 bits per heavy atom. The highest BCUT2D eigenvalue weighted by atomic mass is 32.1. The molecule has 0 amide bonds. The number of hydrogen-bond donors (Lipinski definition) is 1. The van der Waals surface area contributed by atoms with Crippen LogP contribution < -0.4 is 5.73 Å². The number of thiophene rings is 1. The Kier molecular flexibility index (Phi) is 2.81. The molecule has 3 heterocycles. The third-order valence-electron chi connectivity index (χ3n) is 2.98. The summed E-state index contributed by atoms with van der Waals surface area (Å²) in [6, 6.07) is 7.95. The first-order valence-electron chi connectivity index (χ1n) is 5.75. The number of fused-ring (bicyclic) bond motifs is 1. The maximum absolute atomic E-state index is 6.25. The fourth-order valence-electron chi connectivity index (χ4n) is 1.89. The lowest BCUT2D eigenvalue weighted by Crippen LogP contribution is -2.12. The van der Waals surface area contributed by atoms with Crippen molar-refractivity contribution in [2.75, 3.05) is 0 Å². The van der Waals surface area contributed by atoms with Crippen molar-refractivity contribution in [2.45, 2.75) is 13.0 Å². The number of hydrogen-bond acceptors (Lipinski definition) is 4. The van der Waals surface area contributed by atoms with E-state index in [9.17, 15) is 0 Å². The van der Waals surface area contributed by atoms with Gasteiger partial charge in [-0.3, -0.25) is 9.97 Å². The van der Waals surface area contributed by atoms with Gasteiger partial charge in [-0.05, 0) is 41.6 Å². The summed E-state index contributed by atoms with van der Waals surface area (Å²) in [5.41, 5.74) is 10.3. The van der Waals surface area contributed by atoms with E-state index in [1.54, 1.807) is 11.3 Å². The topological polar surface area (TPSA) is 51.8 Å². The number of aromatic nitrogens is 2. The molecule has 3 rings (SSSR count). The zero-order valence-corrected chi connectivity index (χ0v) is 10.8. The molecule has 0 aliphatic rings. The summed E-state index contributed by atoms with van der Waals surface area (Å²) in [6.07, 6.45) is 3.68. The normalized spacial score (nSPS) is 12.8. The van der Waals surface area contributed by atoms with Crippen molar-refractivity contribution in [3.8, 4) is 0 Å². The molecule has 3 aromatic heterocycles. The number of pyridine rings is 2. The highest BCUT2D eigenvalue weighted by Gasteiger charge is 2.10. The largest absolute Gasteiger partial charge is 0.320 e. The molecular weight excluding hydrogens is 242 g/mol. The molecule has 18 heavy (non-hydrogen) atoms. The zero-order valence-electron chi connectivity index (χ0n) is 10.00. The minimum absolute atomic E-state index is 0.169. The second-order valence-electron chi connectivity index (χ2n) is 4.28. The van der Waals surface area contributed by atoms with Crippen molar-refractivity contribution in [2.24, 2.45) is 5.73 Å². The Hall–Kier alpha value is -1.78. The number of nitrogens with zero attached hydrogens (tertiary/aromatic N) is 2. The van der Waals surface area contributed by atoms with E-state index in [0.717, 1.165) is 22.3 Å². The van der Waals surface area contributed by atoms with Gasteiger partial charge >= 0.3 is 0 Å². The predicted molar refractivity (Wildman–Crippen MR) is 74.6 cm³/mol. The molecule has 4 heteroatoms. The van der Waals surface area contributed by atoms with Crippen molar-refractivity contribution in [1.29, 1.82) is 0 Å². The fourth-order valence-corrected chi connectivity index (χ4v) is 2.68. The monoisotopic (exact) mass is 255 g/mol. The van der Waals surface area contributed by atoms with E-state index >= 15 is 0 Å². The maximum Gasteiger partial charge on any atom is 0.0809 e. The summed E-state index contributed by atoms with van der Waals surface area (Å²) < 4.78 is 1.17.